The molecule has 3 nitrogen and oxygen atoms in total. The van der Waals surface area contributed by atoms with Gasteiger partial charge < -0.3 is 15.2 Å². The molecule has 0 bridgehead atoms. The van der Waals surface area contributed by atoms with Crippen LogP contribution in [0.4, 0.5) is 0 Å². The minimum atomic E-state index is -0.0359. The number of benzene rings is 1. The zero-order valence-electron chi connectivity index (χ0n) is 7.00. The van der Waals surface area contributed by atoms with Crippen molar-refractivity contribution in [2.75, 3.05) is 13.2 Å². The van der Waals surface area contributed by atoms with Gasteiger partial charge >= 0.3 is 0 Å². The fraction of sp³-hybridized carbons (Fsp3) is 0.333. The summed E-state index contributed by atoms with van der Waals surface area (Å²) >= 11 is 3.39. The maximum atomic E-state index is 5.61. The lowest BCUT2D eigenvalue weighted by molar-refractivity contribution is 0.0959. The van der Waals surface area contributed by atoms with Crippen LogP contribution in [0.15, 0.2) is 22.7 Å². The van der Waals surface area contributed by atoms with Gasteiger partial charge in [0.05, 0.1) is 4.47 Å². The van der Waals surface area contributed by atoms with Gasteiger partial charge in [0.2, 0.25) is 0 Å². The highest BCUT2D eigenvalue weighted by molar-refractivity contribution is 9.10. The summed E-state index contributed by atoms with van der Waals surface area (Å²) in [7, 11) is 0. The standard InChI is InChI=1S/C9H10BrNO2/c10-7-2-1-3-8-9(7)13-6(4-11)5-12-8/h1-3,6H,4-5,11H2. The van der Waals surface area contributed by atoms with Crippen molar-refractivity contribution in [1.82, 2.24) is 0 Å². The van der Waals surface area contributed by atoms with Crippen molar-refractivity contribution in [3.8, 4) is 11.5 Å². The van der Waals surface area contributed by atoms with Gasteiger partial charge in [0, 0.05) is 6.54 Å². The highest BCUT2D eigenvalue weighted by Crippen LogP contribution is 2.37. The molecule has 1 aromatic carbocycles. The van der Waals surface area contributed by atoms with Crippen LogP contribution in [-0.4, -0.2) is 19.3 Å². The fourth-order valence-electron chi connectivity index (χ4n) is 1.22. The molecule has 0 amide bonds. The van der Waals surface area contributed by atoms with E-state index in [0.29, 0.717) is 13.2 Å². The summed E-state index contributed by atoms with van der Waals surface area (Å²) in [6.07, 6.45) is -0.0359. The molecule has 0 aliphatic carbocycles. The summed E-state index contributed by atoms with van der Waals surface area (Å²) in [5, 5.41) is 0. The zero-order chi connectivity index (χ0) is 9.26. The fourth-order valence-corrected chi connectivity index (χ4v) is 1.66. The summed E-state index contributed by atoms with van der Waals surface area (Å²) in [4.78, 5) is 0. The van der Waals surface area contributed by atoms with Gasteiger partial charge in [-0.2, -0.15) is 0 Å². The quantitative estimate of drug-likeness (QED) is 0.815. The molecule has 0 saturated heterocycles. The number of hydrogen-bond acceptors (Lipinski definition) is 3. The summed E-state index contributed by atoms with van der Waals surface area (Å²) in [5.74, 6) is 1.53. The number of ether oxygens (including phenoxy) is 2. The third-order valence-corrected chi connectivity index (χ3v) is 2.53. The number of rotatable bonds is 1. The molecule has 0 aromatic heterocycles. The van der Waals surface area contributed by atoms with Gasteiger partial charge in [-0.05, 0) is 28.1 Å². The van der Waals surface area contributed by atoms with Crippen molar-refractivity contribution >= 4 is 15.9 Å². The molecule has 0 saturated carbocycles. The molecule has 13 heavy (non-hydrogen) atoms. The van der Waals surface area contributed by atoms with Crippen molar-refractivity contribution in [3.63, 3.8) is 0 Å². The maximum Gasteiger partial charge on any atom is 0.176 e. The van der Waals surface area contributed by atoms with Crippen LogP contribution in [0.5, 0.6) is 11.5 Å². The third kappa shape index (κ3) is 1.64. The second-order valence-electron chi connectivity index (χ2n) is 2.85. The number of halogens is 1. The number of fused-ring (bicyclic) bond motifs is 1. The molecule has 70 valence electrons. The van der Waals surface area contributed by atoms with Crippen molar-refractivity contribution in [3.05, 3.63) is 22.7 Å². The van der Waals surface area contributed by atoms with E-state index in [1.807, 2.05) is 18.2 Å². The molecule has 0 radical (unpaired) electrons. The van der Waals surface area contributed by atoms with Crippen molar-refractivity contribution in [2.45, 2.75) is 6.10 Å². The van der Waals surface area contributed by atoms with Crippen LogP contribution in [0.3, 0.4) is 0 Å². The Kier molecular flexibility index (Phi) is 2.42. The first kappa shape index (κ1) is 8.84. The van der Waals surface area contributed by atoms with Gasteiger partial charge in [0.25, 0.3) is 0 Å². The van der Waals surface area contributed by atoms with Gasteiger partial charge in [-0.15, -0.1) is 0 Å². The predicted octanol–water partition coefficient (Wildman–Crippen LogP) is 1.55. The smallest absolute Gasteiger partial charge is 0.176 e. The van der Waals surface area contributed by atoms with Crippen LogP contribution in [-0.2, 0) is 0 Å². The molecular weight excluding hydrogens is 234 g/mol. The molecule has 2 N–H and O–H groups in total. The Hall–Kier alpha value is -0.740. The largest absolute Gasteiger partial charge is 0.486 e. The lowest BCUT2D eigenvalue weighted by Crippen LogP contribution is -2.35. The van der Waals surface area contributed by atoms with Gasteiger partial charge in [0.1, 0.15) is 12.7 Å². The molecule has 2 rings (SSSR count). The van der Waals surface area contributed by atoms with E-state index in [1.165, 1.54) is 0 Å². The average molecular weight is 244 g/mol. The van der Waals surface area contributed by atoms with E-state index in [9.17, 15) is 0 Å². The maximum absolute atomic E-state index is 5.61. The summed E-state index contributed by atoms with van der Waals surface area (Å²) in [6, 6.07) is 5.71. The molecule has 4 heteroatoms. The van der Waals surface area contributed by atoms with Gasteiger partial charge in [-0.25, -0.2) is 0 Å². The Bertz CT molecular complexity index is 316. The van der Waals surface area contributed by atoms with Crippen molar-refractivity contribution < 1.29 is 9.47 Å². The molecule has 1 atom stereocenters. The molecule has 1 aromatic rings. The topological polar surface area (TPSA) is 44.5 Å². The minimum absolute atomic E-state index is 0.0359. The van der Waals surface area contributed by atoms with Gasteiger partial charge in [-0.3, -0.25) is 0 Å². The predicted molar refractivity (Wildman–Crippen MR) is 53.1 cm³/mol. The highest BCUT2D eigenvalue weighted by atomic mass is 79.9. The SMILES string of the molecule is NCC1COc2cccc(Br)c2O1. The minimum Gasteiger partial charge on any atom is -0.486 e. The first-order valence-corrected chi connectivity index (χ1v) is 4.88. The van der Waals surface area contributed by atoms with Crippen LogP contribution in [0.2, 0.25) is 0 Å². The lowest BCUT2D eigenvalue weighted by Gasteiger charge is -2.26. The number of para-hydroxylation sites is 1. The normalized spacial score (nSPS) is 20.0. The van der Waals surface area contributed by atoms with Crippen LogP contribution in [0, 0.1) is 0 Å². The summed E-state index contributed by atoms with van der Waals surface area (Å²) < 4.78 is 12.0. The second kappa shape index (κ2) is 3.55. The monoisotopic (exact) mass is 243 g/mol. The second-order valence-corrected chi connectivity index (χ2v) is 3.71. The first-order valence-electron chi connectivity index (χ1n) is 4.09. The summed E-state index contributed by atoms with van der Waals surface area (Å²) in [6.45, 7) is 1.00. The Morgan fingerprint density at radius 3 is 3.15 bits per heavy atom. The van der Waals surface area contributed by atoms with Gasteiger partial charge in [-0.1, -0.05) is 6.07 Å². The van der Waals surface area contributed by atoms with Crippen molar-refractivity contribution in [2.24, 2.45) is 5.73 Å². The van der Waals surface area contributed by atoms with Crippen LogP contribution in [0.1, 0.15) is 0 Å². The lowest BCUT2D eigenvalue weighted by atomic mass is 10.2. The Labute approximate surface area is 85.0 Å². The van der Waals surface area contributed by atoms with Crippen LogP contribution < -0.4 is 15.2 Å². The molecular formula is C9H10BrNO2. The van der Waals surface area contributed by atoms with E-state index >= 15 is 0 Å². The summed E-state index contributed by atoms with van der Waals surface area (Å²) in [5.41, 5.74) is 5.49. The molecule has 1 unspecified atom stereocenters. The number of hydrogen-bond donors (Lipinski definition) is 1. The van der Waals surface area contributed by atoms with E-state index in [4.69, 9.17) is 15.2 Å². The van der Waals surface area contributed by atoms with E-state index < -0.39 is 0 Å². The molecule has 1 aliphatic rings. The average Bonchev–Trinajstić information content (AvgIpc) is 2.18. The molecule has 0 spiro atoms. The van der Waals surface area contributed by atoms with E-state index in [0.717, 1.165) is 16.0 Å². The Morgan fingerprint density at radius 2 is 2.38 bits per heavy atom. The number of nitrogens with two attached hydrogens (primary N) is 1. The Balaban J connectivity index is 2.32. The van der Waals surface area contributed by atoms with Gasteiger partial charge in [0.15, 0.2) is 11.5 Å². The molecule has 1 heterocycles. The van der Waals surface area contributed by atoms with E-state index in [1.54, 1.807) is 0 Å². The van der Waals surface area contributed by atoms with E-state index in [-0.39, 0.29) is 6.10 Å². The molecule has 1 aliphatic heterocycles. The van der Waals surface area contributed by atoms with E-state index in [2.05, 4.69) is 15.9 Å². The highest BCUT2D eigenvalue weighted by Gasteiger charge is 2.21. The van der Waals surface area contributed by atoms with Crippen molar-refractivity contribution in [1.29, 1.82) is 0 Å². The van der Waals surface area contributed by atoms with Crippen LogP contribution in [0.25, 0.3) is 0 Å². The third-order valence-electron chi connectivity index (χ3n) is 1.90. The molecule has 0 fully saturated rings. The zero-order valence-corrected chi connectivity index (χ0v) is 8.58. The first-order chi connectivity index (χ1) is 6.31. The van der Waals surface area contributed by atoms with Crippen LogP contribution >= 0.6 is 15.9 Å². The Morgan fingerprint density at radius 1 is 1.54 bits per heavy atom.